The molecule has 0 unspecified atom stereocenters. The SMILES string of the molecule is COc1ccc(CN(C(=O)OC(C)(C)C)[C@@H](C(=O)O)c2ccncc2)cc1. The smallest absolute Gasteiger partial charge is 0.411 e. The molecule has 1 N–H and O–H groups in total. The Morgan fingerprint density at radius 3 is 2.19 bits per heavy atom. The molecule has 2 aromatic rings. The minimum absolute atomic E-state index is 0.0677. The van der Waals surface area contributed by atoms with Gasteiger partial charge < -0.3 is 14.6 Å². The van der Waals surface area contributed by atoms with Crippen molar-refractivity contribution in [3.05, 3.63) is 59.9 Å². The number of carbonyl (C=O) groups excluding carboxylic acids is 1. The number of methoxy groups -OCH3 is 1. The number of ether oxygens (including phenoxy) is 2. The lowest BCUT2D eigenvalue weighted by Crippen LogP contribution is -2.41. The van der Waals surface area contributed by atoms with Gasteiger partial charge in [0, 0.05) is 12.4 Å². The Kier molecular flexibility index (Phi) is 6.39. The quantitative estimate of drug-likeness (QED) is 0.832. The van der Waals surface area contributed by atoms with E-state index < -0.39 is 23.7 Å². The van der Waals surface area contributed by atoms with Crippen LogP contribution in [0.2, 0.25) is 0 Å². The molecule has 0 aliphatic carbocycles. The molecule has 0 saturated carbocycles. The number of pyridine rings is 1. The molecule has 1 aromatic carbocycles. The lowest BCUT2D eigenvalue weighted by Gasteiger charge is -2.31. The summed E-state index contributed by atoms with van der Waals surface area (Å²) in [4.78, 5) is 29.9. The first kappa shape index (κ1) is 20.2. The van der Waals surface area contributed by atoms with Crippen molar-refractivity contribution in [1.29, 1.82) is 0 Å². The van der Waals surface area contributed by atoms with Crippen LogP contribution in [0, 0.1) is 0 Å². The second-order valence-electron chi connectivity index (χ2n) is 6.98. The van der Waals surface area contributed by atoms with Gasteiger partial charge in [0.05, 0.1) is 13.7 Å². The van der Waals surface area contributed by atoms with Gasteiger partial charge in [-0.05, 0) is 56.2 Å². The summed E-state index contributed by atoms with van der Waals surface area (Å²) in [6.45, 7) is 5.27. The molecule has 0 bridgehead atoms. The highest BCUT2D eigenvalue weighted by Crippen LogP contribution is 2.26. The van der Waals surface area contributed by atoms with Crippen molar-refractivity contribution < 1.29 is 24.2 Å². The van der Waals surface area contributed by atoms with E-state index in [4.69, 9.17) is 9.47 Å². The predicted molar refractivity (Wildman–Crippen MR) is 99.4 cm³/mol. The number of hydrogen-bond acceptors (Lipinski definition) is 5. The van der Waals surface area contributed by atoms with Crippen LogP contribution in [-0.4, -0.2) is 39.8 Å². The Labute approximate surface area is 158 Å². The molecule has 1 heterocycles. The molecular weight excluding hydrogens is 348 g/mol. The van der Waals surface area contributed by atoms with Crippen molar-refractivity contribution in [3.63, 3.8) is 0 Å². The number of nitrogens with zero attached hydrogens (tertiary/aromatic N) is 2. The zero-order valence-corrected chi connectivity index (χ0v) is 15.9. The molecule has 0 aliphatic rings. The zero-order chi connectivity index (χ0) is 20.0. The summed E-state index contributed by atoms with van der Waals surface area (Å²) in [6.07, 6.45) is 2.28. The largest absolute Gasteiger partial charge is 0.497 e. The molecule has 1 atom stereocenters. The van der Waals surface area contributed by atoms with Crippen molar-refractivity contribution in [3.8, 4) is 5.75 Å². The first-order chi connectivity index (χ1) is 12.7. The first-order valence-corrected chi connectivity index (χ1v) is 8.46. The normalized spacial score (nSPS) is 12.1. The molecule has 0 saturated heterocycles. The van der Waals surface area contributed by atoms with Crippen LogP contribution in [0.4, 0.5) is 4.79 Å². The van der Waals surface area contributed by atoms with Gasteiger partial charge in [0.1, 0.15) is 11.4 Å². The average Bonchev–Trinajstić information content (AvgIpc) is 2.61. The molecule has 0 spiro atoms. The van der Waals surface area contributed by atoms with E-state index in [0.29, 0.717) is 11.3 Å². The summed E-state index contributed by atoms with van der Waals surface area (Å²) in [6, 6.07) is 9.01. The molecule has 144 valence electrons. The molecule has 7 nitrogen and oxygen atoms in total. The second kappa shape index (κ2) is 8.53. The van der Waals surface area contributed by atoms with Crippen molar-refractivity contribution in [2.75, 3.05) is 7.11 Å². The second-order valence-corrected chi connectivity index (χ2v) is 6.98. The summed E-state index contributed by atoms with van der Waals surface area (Å²) in [5.41, 5.74) is 0.440. The van der Waals surface area contributed by atoms with Gasteiger partial charge >= 0.3 is 12.1 Å². The summed E-state index contributed by atoms with van der Waals surface area (Å²) in [5, 5.41) is 9.81. The van der Waals surface area contributed by atoms with E-state index in [0.717, 1.165) is 5.56 Å². The molecule has 1 aromatic heterocycles. The van der Waals surface area contributed by atoms with Crippen molar-refractivity contribution in [2.24, 2.45) is 0 Å². The van der Waals surface area contributed by atoms with Crippen LogP contribution in [0.15, 0.2) is 48.8 Å². The highest BCUT2D eigenvalue weighted by Gasteiger charge is 2.34. The fourth-order valence-corrected chi connectivity index (χ4v) is 2.51. The minimum atomic E-state index is -1.20. The number of rotatable bonds is 6. The van der Waals surface area contributed by atoms with Crippen LogP contribution in [0.5, 0.6) is 5.75 Å². The number of benzene rings is 1. The molecule has 0 aliphatic heterocycles. The maximum absolute atomic E-state index is 12.8. The number of carbonyl (C=O) groups is 2. The summed E-state index contributed by atoms with van der Waals surface area (Å²) in [5.74, 6) is -0.480. The molecule has 27 heavy (non-hydrogen) atoms. The van der Waals surface area contributed by atoms with Gasteiger partial charge in [0.2, 0.25) is 0 Å². The fraction of sp³-hybridized carbons (Fsp3) is 0.350. The number of aliphatic carboxylic acids is 1. The van der Waals surface area contributed by atoms with E-state index in [-0.39, 0.29) is 6.54 Å². The highest BCUT2D eigenvalue weighted by molar-refractivity contribution is 5.81. The Morgan fingerprint density at radius 2 is 1.70 bits per heavy atom. The monoisotopic (exact) mass is 372 g/mol. The first-order valence-electron chi connectivity index (χ1n) is 8.46. The van der Waals surface area contributed by atoms with Gasteiger partial charge in [-0.2, -0.15) is 0 Å². The van der Waals surface area contributed by atoms with Crippen molar-refractivity contribution >= 4 is 12.1 Å². The van der Waals surface area contributed by atoms with E-state index in [1.54, 1.807) is 64.3 Å². The van der Waals surface area contributed by atoms with E-state index in [1.807, 2.05) is 0 Å². The number of amides is 1. The van der Waals surface area contributed by atoms with Crippen LogP contribution in [0.3, 0.4) is 0 Å². The van der Waals surface area contributed by atoms with Crippen LogP contribution in [-0.2, 0) is 16.1 Å². The lowest BCUT2D eigenvalue weighted by molar-refractivity contribution is -0.143. The summed E-state index contributed by atoms with van der Waals surface area (Å²) >= 11 is 0. The molecule has 2 rings (SSSR count). The topological polar surface area (TPSA) is 89.0 Å². The third kappa shape index (κ3) is 5.70. The van der Waals surface area contributed by atoms with Gasteiger partial charge in [-0.1, -0.05) is 12.1 Å². The maximum Gasteiger partial charge on any atom is 0.411 e. The molecule has 1 amide bonds. The van der Waals surface area contributed by atoms with Crippen LogP contribution in [0.1, 0.15) is 37.9 Å². The van der Waals surface area contributed by atoms with Gasteiger partial charge in [-0.25, -0.2) is 9.59 Å². The van der Waals surface area contributed by atoms with E-state index in [9.17, 15) is 14.7 Å². The molecule has 7 heteroatoms. The maximum atomic E-state index is 12.8. The van der Waals surface area contributed by atoms with E-state index in [2.05, 4.69) is 4.98 Å². The van der Waals surface area contributed by atoms with Crippen molar-refractivity contribution in [2.45, 2.75) is 39.0 Å². The van der Waals surface area contributed by atoms with Gasteiger partial charge in [0.25, 0.3) is 0 Å². The van der Waals surface area contributed by atoms with Gasteiger partial charge in [-0.15, -0.1) is 0 Å². The van der Waals surface area contributed by atoms with Crippen LogP contribution < -0.4 is 4.74 Å². The Bertz CT molecular complexity index is 769. The number of aromatic nitrogens is 1. The summed E-state index contributed by atoms with van der Waals surface area (Å²) < 4.78 is 10.6. The van der Waals surface area contributed by atoms with Gasteiger partial charge in [-0.3, -0.25) is 9.88 Å². The summed E-state index contributed by atoms with van der Waals surface area (Å²) in [7, 11) is 1.56. The molecular formula is C20H24N2O5. The van der Waals surface area contributed by atoms with E-state index in [1.165, 1.54) is 17.3 Å². The van der Waals surface area contributed by atoms with Crippen LogP contribution in [0.25, 0.3) is 0 Å². The Balaban J connectivity index is 2.40. The lowest BCUT2D eigenvalue weighted by atomic mass is 10.1. The van der Waals surface area contributed by atoms with Gasteiger partial charge in [0.15, 0.2) is 6.04 Å². The third-order valence-corrected chi connectivity index (χ3v) is 3.71. The molecule has 0 fully saturated rings. The number of carboxylic acid groups (broad SMARTS) is 1. The zero-order valence-electron chi connectivity index (χ0n) is 15.9. The fourth-order valence-electron chi connectivity index (χ4n) is 2.51. The van der Waals surface area contributed by atoms with Crippen LogP contribution >= 0.6 is 0 Å². The van der Waals surface area contributed by atoms with Crippen molar-refractivity contribution in [1.82, 2.24) is 9.88 Å². The highest BCUT2D eigenvalue weighted by atomic mass is 16.6. The van der Waals surface area contributed by atoms with E-state index >= 15 is 0 Å². The Morgan fingerprint density at radius 1 is 1.11 bits per heavy atom. The number of carboxylic acids is 1. The number of hydrogen-bond donors (Lipinski definition) is 1. The minimum Gasteiger partial charge on any atom is -0.497 e. The molecule has 0 radical (unpaired) electrons. The Hall–Kier alpha value is -3.09. The predicted octanol–water partition coefficient (Wildman–Crippen LogP) is 3.65. The standard InChI is InChI=1S/C20H24N2O5/c1-20(2,3)27-19(25)22(13-14-5-7-16(26-4)8-6-14)17(18(23)24)15-9-11-21-12-10-15/h5-12,17H,13H2,1-4H3,(H,23,24)/t17-/m1/s1. The average molecular weight is 372 g/mol. The third-order valence-electron chi connectivity index (χ3n) is 3.71.